The fraction of sp³-hybridized carbons (Fsp3) is 0.857. The topological polar surface area (TPSA) is 49.3 Å². The van der Waals surface area contributed by atoms with Crippen LogP contribution in [0.5, 0.6) is 0 Å². The van der Waals surface area contributed by atoms with E-state index in [1.54, 1.807) is 6.92 Å². The average molecular weight is 145 g/mol. The van der Waals surface area contributed by atoms with Crippen molar-refractivity contribution in [1.29, 1.82) is 0 Å². The number of unbranched alkanes of at least 4 members (excludes halogenated alkanes) is 1. The first kappa shape index (κ1) is 9.43. The average Bonchev–Trinajstić information content (AvgIpc) is 1.88. The normalized spacial score (nSPS) is 13.0. The highest BCUT2D eigenvalue weighted by molar-refractivity contribution is 5.72. The molecule has 0 aliphatic heterocycles. The van der Waals surface area contributed by atoms with Crippen LogP contribution >= 0.6 is 0 Å². The van der Waals surface area contributed by atoms with Gasteiger partial charge in [0.1, 0.15) is 6.04 Å². The van der Waals surface area contributed by atoms with Gasteiger partial charge in [-0.1, -0.05) is 13.3 Å². The quantitative estimate of drug-likeness (QED) is 0.564. The van der Waals surface area contributed by atoms with Gasteiger partial charge in [-0.15, -0.1) is 0 Å². The zero-order valence-corrected chi connectivity index (χ0v) is 6.55. The van der Waals surface area contributed by atoms with Crippen LogP contribution in [0.4, 0.5) is 0 Å². The van der Waals surface area contributed by atoms with E-state index in [2.05, 4.69) is 12.2 Å². The van der Waals surface area contributed by atoms with E-state index >= 15 is 0 Å². The summed E-state index contributed by atoms with van der Waals surface area (Å²) < 4.78 is 0. The van der Waals surface area contributed by atoms with Gasteiger partial charge in [-0.05, 0) is 19.9 Å². The molecule has 0 saturated carbocycles. The first-order chi connectivity index (χ1) is 4.68. The molecule has 0 unspecified atom stereocenters. The number of nitrogens with one attached hydrogen (secondary N) is 1. The van der Waals surface area contributed by atoms with Crippen molar-refractivity contribution < 1.29 is 9.90 Å². The molecular formula is C7H15NO2. The molecule has 0 aromatic heterocycles. The Hall–Kier alpha value is -0.570. The van der Waals surface area contributed by atoms with Gasteiger partial charge in [-0.25, -0.2) is 0 Å². The molecule has 0 aliphatic rings. The highest BCUT2D eigenvalue weighted by Gasteiger charge is 2.07. The SMILES string of the molecule is CCCCN[C@H](C)C(=O)O. The molecule has 0 heterocycles. The lowest BCUT2D eigenvalue weighted by Crippen LogP contribution is -2.34. The van der Waals surface area contributed by atoms with Gasteiger partial charge in [-0.2, -0.15) is 0 Å². The second-order valence-corrected chi connectivity index (χ2v) is 2.37. The Bertz CT molecular complexity index is 104. The molecule has 0 rings (SSSR count). The summed E-state index contributed by atoms with van der Waals surface area (Å²) in [7, 11) is 0. The molecule has 0 aromatic carbocycles. The summed E-state index contributed by atoms with van der Waals surface area (Å²) in [5.74, 6) is -0.781. The Morgan fingerprint density at radius 3 is 2.70 bits per heavy atom. The summed E-state index contributed by atoms with van der Waals surface area (Å²) in [4.78, 5) is 10.2. The largest absolute Gasteiger partial charge is 0.480 e. The van der Waals surface area contributed by atoms with Crippen LogP contribution in [-0.4, -0.2) is 23.7 Å². The fourth-order valence-corrected chi connectivity index (χ4v) is 0.583. The third-order valence-electron chi connectivity index (χ3n) is 1.35. The van der Waals surface area contributed by atoms with Crippen LogP contribution in [0.3, 0.4) is 0 Å². The van der Waals surface area contributed by atoms with E-state index in [-0.39, 0.29) is 0 Å². The molecule has 3 heteroatoms. The number of hydrogen-bond donors (Lipinski definition) is 2. The fourth-order valence-electron chi connectivity index (χ4n) is 0.583. The molecule has 2 N–H and O–H groups in total. The molecule has 10 heavy (non-hydrogen) atoms. The van der Waals surface area contributed by atoms with Gasteiger partial charge < -0.3 is 10.4 Å². The molecule has 60 valence electrons. The molecule has 0 radical (unpaired) electrons. The molecule has 3 nitrogen and oxygen atoms in total. The second-order valence-electron chi connectivity index (χ2n) is 2.37. The monoisotopic (exact) mass is 145 g/mol. The van der Waals surface area contributed by atoms with Crippen molar-refractivity contribution in [3.05, 3.63) is 0 Å². The Morgan fingerprint density at radius 2 is 2.30 bits per heavy atom. The van der Waals surface area contributed by atoms with Crippen molar-refractivity contribution in [2.45, 2.75) is 32.7 Å². The van der Waals surface area contributed by atoms with Crippen LogP contribution in [0.25, 0.3) is 0 Å². The predicted molar refractivity (Wildman–Crippen MR) is 40.0 cm³/mol. The van der Waals surface area contributed by atoms with Gasteiger partial charge in [0.05, 0.1) is 0 Å². The van der Waals surface area contributed by atoms with Gasteiger partial charge in [0.15, 0.2) is 0 Å². The summed E-state index contributed by atoms with van der Waals surface area (Å²) in [6, 6.07) is -0.411. The summed E-state index contributed by atoms with van der Waals surface area (Å²) in [6.07, 6.45) is 2.14. The molecule has 0 saturated heterocycles. The Labute approximate surface area is 61.4 Å². The zero-order chi connectivity index (χ0) is 7.98. The van der Waals surface area contributed by atoms with E-state index in [0.717, 1.165) is 19.4 Å². The summed E-state index contributed by atoms with van der Waals surface area (Å²) in [5, 5.41) is 11.3. The summed E-state index contributed by atoms with van der Waals surface area (Å²) in [5.41, 5.74) is 0. The zero-order valence-electron chi connectivity index (χ0n) is 6.55. The standard InChI is InChI=1S/C7H15NO2/c1-3-4-5-8-6(2)7(9)10/h6,8H,3-5H2,1-2H3,(H,9,10)/t6-/m1/s1. The second kappa shape index (κ2) is 5.23. The first-order valence-corrected chi connectivity index (χ1v) is 3.64. The summed E-state index contributed by atoms with van der Waals surface area (Å²) in [6.45, 7) is 4.52. The highest BCUT2D eigenvalue weighted by Crippen LogP contribution is 1.85. The highest BCUT2D eigenvalue weighted by atomic mass is 16.4. The Morgan fingerprint density at radius 1 is 1.70 bits per heavy atom. The maximum atomic E-state index is 10.2. The summed E-state index contributed by atoms with van der Waals surface area (Å²) >= 11 is 0. The number of hydrogen-bond acceptors (Lipinski definition) is 2. The minimum Gasteiger partial charge on any atom is -0.480 e. The molecule has 0 spiro atoms. The third kappa shape index (κ3) is 4.32. The molecule has 1 atom stereocenters. The van der Waals surface area contributed by atoms with Crippen molar-refractivity contribution in [3.63, 3.8) is 0 Å². The minimum atomic E-state index is -0.781. The first-order valence-electron chi connectivity index (χ1n) is 3.64. The van der Waals surface area contributed by atoms with Crippen molar-refractivity contribution >= 4 is 5.97 Å². The van der Waals surface area contributed by atoms with Crippen LogP contribution in [0, 0.1) is 0 Å². The van der Waals surface area contributed by atoms with Crippen molar-refractivity contribution in [3.8, 4) is 0 Å². The van der Waals surface area contributed by atoms with Crippen LogP contribution in [0.15, 0.2) is 0 Å². The van der Waals surface area contributed by atoms with Gasteiger partial charge in [0, 0.05) is 0 Å². The van der Waals surface area contributed by atoms with Crippen LogP contribution in [0.1, 0.15) is 26.7 Å². The molecule has 0 amide bonds. The number of carboxylic acid groups (broad SMARTS) is 1. The number of rotatable bonds is 5. The molecule has 0 bridgehead atoms. The van der Waals surface area contributed by atoms with Gasteiger partial charge >= 0.3 is 5.97 Å². The lowest BCUT2D eigenvalue weighted by molar-refractivity contribution is -0.138. The predicted octanol–water partition coefficient (Wildman–Crippen LogP) is 0.849. The molecule has 0 aliphatic carbocycles. The third-order valence-corrected chi connectivity index (χ3v) is 1.35. The number of carboxylic acids is 1. The smallest absolute Gasteiger partial charge is 0.320 e. The van der Waals surface area contributed by atoms with Gasteiger partial charge in [0.25, 0.3) is 0 Å². The van der Waals surface area contributed by atoms with E-state index in [4.69, 9.17) is 5.11 Å². The van der Waals surface area contributed by atoms with Gasteiger partial charge in [0.2, 0.25) is 0 Å². The van der Waals surface area contributed by atoms with Gasteiger partial charge in [-0.3, -0.25) is 4.79 Å². The molecular weight excluding hydrogens is 130 g/mol. The van der Waals surface area contributed by atoms with E-state index in [1.807, 2.05) is 0 Å². The Balaban J connectivity index is 3.21. The van der Waals surface area contributed by atoms with E-state index in [9.17, 15) is 4.79 Å². The number of aliphatic carboxylic acids is 1. The van der Waals surface area contributed by atoms with E-state index < -0.39 is 12.0 Å². The lowest BCUT2D eigenvalue weighted by atomic mass is 10.3. The number of carbonyl (C=O) groups is 1. The lowest BCUT2D eigenvalue weighted by Gasteiger charge is -2.06. The van der Waals surface area contributed by atoms with Crippen LogP contribution in [0.2, 0.25) is 0 Å². The maximum Gasteiger partial charge on any atom is 0.320 e. The van der Waals surface area contributed by atoms with Crippen LogP contribution < -0.4 is 5.32 Å². The van der Waals surface area contributed by atoms with Crippen molar-refractivity contribution in [2.24, 2.45) is 0 Å². The molecule has 0 fully saturated rings. The van der Waals surface area contributed by atoms with E-state index in [1.165, 1.54) is 0 Å². The van der Waals surface area contributed by atoms with Crippen LogP contribution in [-0.2, 0) is 4.79 Å². The minimum absolute atomic E-state index is 0.411. The van der Waals surface area contributed by atoms with E-state index in [0.29, 0.717) is 0 Å². The maximum absolute atomic E-state index is 10.2. The van der Waals surface area contributed by atoms with Crippen molar-refractivity contribution in [2.75, 3.05) is 6.54 Å². The van der Waals surface area contributed by atoms with Crippen molar-refractivity contribution in [1.82, 2.24) is 5.32 Å². The molecule has 0 aromatic rings. The Kier molecular flexibility index (Phi) is 4.94.